The average molecular weight is 358 g/mol. The molecular weight excluding hydrogens is 330 g/mol. The summed E-state index contributed by atoms with van der Waals surface area (Å²) in [5, 5.41) is -4.53. The van der Waals surface area contributed by atoms with Crippen LogP contribution in [0.2, 0.25) is 0 Å². The van der Waals surface area contributed by atoms with Crippen LogP contribution >= 0.6 is 0 Å². The zero-order valence-electron chi connectivity index (χ0n) is 14.9. The van der Waals surface area contributed by atoms with Gasteiger partial charge in [-0.15, -0.1) is 0 Å². The lowest BCUT2D eigenvalue weighted by Gasteiger charge is -2.45. The van der Waals surface area contributed by atoms with E-state index in [1.54, 1.807) is 6.92 Å². The van der Waals surface area contributed by atoms with E-state index in [1.807, 2.05) is 41.5 Å². The molecule has 0 rings (SSSR count). The molecule has 8 heteroatoms. The van der Waals surface area contributed by atoms with Crippen molar-refractivity contribution in [3.63, 3.8) is 0 Å². The van der Waals surface area contributed by atoms with Crippen molar-refractivity contribution in [3.8, 4) is 0 Å². The Morgan fingerprint density at radius 3 is 1.83 bits per heavy atom. The second-order valence-corrected chi connectivity index (χ2v) is 9.54. The van der Waals surface area contributed by atoms with Gasteiger partial charge in [0.1, 0.15) is 0 Å². The van der Waals surface area contributed by atoms with Gasteiger partial charge in [0.25, 0.3) is 0 Å². The lowest BCUT2D eigenvalue weighted by Crippen LogP contribution is -2.47. The number of alkyl halides is 2. The van der Waals surface area contributed by atoms with Crippen molar-refractivity contribution in [1.82, 2.24) is 0 Å². The molecule has 0 radical (unpaired) electrons. The van der Waals surface area contributed by atoms with E-state index < -0.39 is 38.8 Å². The first kappa shape index (κ1) is 22.2. The molecule has 1 unspecified atom stereocenters. The normalized spacial score (nSPS) is 16.8. The van der Waals surface area contributed by atoms with Crippen LogP contribution in [0.4, 0.5) is 8.78 Å². The third-order valence-electron chi connectivity index (χ3n) is 4.46. The van der Waals surface area contributed by atoms with Crippen molar-refractivity contribution < 1.29 is 31.3 Å². The fourth-order valence-electron chi connectivity index (χ4n) is 2.42. The van der Waals surface area contributed by atoms with Crippen molar-refractivity contribution >= 4 is 16.1 Å². The summed E-state index contributed by atoms with van der Waals surface area (Å²) in [6.07, 6.45) is 0.973. The number of esters is 1. The van der Waals surface area contributed by atoms with Crippen molar-refractivity contribution in [1.29, 1.82) is 0 Å². The molecule has 0 aliphatic rings. The highest BCUT2D eigenvalue weighted by Gasteiger charge is 2.51. The molecule has 1 N–H and O–H groups in total. The monoisotopic (exact) mass is 358 g/mol. The molecule has 23 heavy (non-hydrogen) atoms. The first-order valence-corrected chi connectivity index (χ1v) is 8.86. The quantitative estimate of drug-likeness (QED) is 0.551. The molecule has 0 aromatic rings. The van der Waals surface area contributed by atoms with E-state index in [2.05, 4.69) is 4.74 Å². The Kier molecular flexibility index (Phi) is 6.41. The molecule has 138 valence electrons. The number of carbonyl (C=O) groups is 1. The molecule has 0 aromatic heterocycles. The number of hydrogen-bond acceptors (Lipinski definition) is 4. The fourth-order valence-corrected chi connectivity index (χ4v) is 2.63. The number of ether oxygens (including phenoxy) is 1. The van der Waals surface area contributed by atoms with E-state index >= 15 is 0 Å². The molecule has 0 amide bonds. The Hall–Kier alpha value is -0.760. The highest BCUT2D eigenvalue weighted by atomic mass is 32.2. The summed E-state index contributed by atoms with van der Waals surface area (Å²) in [4.78, 5) is 12.5. The maximum Gasteiger partial charge on any atom is 0.402 e. The molecular formula is C15H28F2O5S. The van der Waals surface area contributed by atoms with E-state index in [0.29, 0.717) is 12.8 Å². The topological polar surface area (TPSA) is 80.7 Å². The van der Waals surface area contributed by atoms with Gasteiger partial charge in [0.15, 0.2) is 6.61 Å². The van der Waals surface area contributed by atoms with E-state index in [0.717, 1.165) is 0 Å². The summed E-state index contributed by atoms with van der Waals surface area (Å²) in [5.74, 6) is -0.900. The van der Waals surface area contributed by atoms with Gasteiger partial charge in [-0.3, -0.25) is 9.35 Å². The van der Waals surface area contributed by atoms with Crippen LogP contribution in [0.5, 0.6) is 0 Å². The Bertz CT molecular complexity index is 535. The summed E-state index contributed by atoms with van der Waals surface area (Å²) in [7, 11) is -5.63. The average Bonchev–Trinajstić information content (AvgIpc) is 2.32. The second kappa shape index (κ2) is 6.63. The van der Waals surface area contributed by atoms with Crippen LogP contribution in [0.3, 0.4) is 0 Å². The second-order valence-electron chi connectivity index (χ2n) is 8.00. The number of hydrogen-bond donors (Lipinski definition) is 1. The van der Waals surface area contributed by atoms with E-state index in [4.69, 9.17) is 4.55 Å². The molecule has 0 saturated carbocycles. The maximum absolute atomic E-state index is 13.3. The van der Waals surface area contributed by atoms with Crippen LogP contribution < -0.4 is 0 Å². The standard InChI is InChI=1S/C15H28F2O5S/c1-8-13(5,6)14(7,9-12(2,3)4)11(18)22-10-15(16,17)23(19,20)21/h8-10H2,1-7H3,(H,19,20,21). The minimum Gasteiger partial charge on any atom is -0.458 e. The smallest absolute Gasteiger partial charge is 0.402 e. The molecule has 0 saturated heterocycles. The predicted octanol–water partition coefficient (Wildman–Crippen LogP) is 3.89. The van der Waals surface area contributed by atoms with Crippen LogP contribution in [0.1, 0.15) is 61.3 Å². The highest BCUT2D eigenvalue weighted by Crippen LogP contribution is 2.49. The Morgan fingerprint density at radius 2 is 1.52 bits per heavy atom. The SMILES string of the molecule is CCC(C)(C)C(C)(CC(C)(C)C)C(=O)OCC(F)(F)S(=O)(=O)O. The molecule has 0 aliphatic heterocycles. The maximum atomic E-state index is 13.3. The van der Waals surface area contributed by atoms with Crippen LogP contribution in [0.25, 0.3) is 0 Å². The zero-order valence-corrected chi connectivity index (χ0v) is 15.7. The van der Waals surface area contributed by atoms with Gasteiger partial charge in [-0.05, 0) is 30.6 Å². The van der Waals surface area contributed by atoms with Crippen molar-refractivity contribution in [2.45, 2.75) is 66.6 Å². The van der Waals surface area contributed by atoms with Gasteiger partial charge in [-0.25, -0.2) is 0 Å². The zero-order chi connectivity index (χ0) is 18.9. The lowest BCUT2D eigenvalue weighted by molar-refractivity contribution is -0.171. The largest absolute Gasteiger partial charge is 0.458 e. The minimum absolute atomic E-state index is 0.272. The summed E-state index contributed by atoms with van der Waals surface area (Å²) < 4.78 is 60.9. The molecule has 0 spiro atoms. The molecule has 5 nitrogen and oxygen atoms in total. The van der Waals surface area contributed by atoms with Gasteiger partial charge >= 0.3 is 21.3 Å². The first-order chi connectivity index (χ1) is 9.90. The van der Waals surface area contributed by atoms with Crippen LogP contribution in [-0.4, -0.2) is 30.8 Å². The highest BCUT2D eigenvalue weighted by molar-refractivity contribution is 7.86. The van der Waals surface area contributed by atoms with Gasteiger partial charge in [0, 0.05) is 0 Å². The van der Waals surface area contributed by atoms with Crippen molar-refractivity contribution in [3.05, 3.63) is 0 Å². The predicted molar refractivity (Wildman–Crippen MR) is 83.7 cm³/mol. The van der Waals surface area contributed by atoms with E-state index in [9.17, 15) is 22.0 Å². The Morgan fingerprint density at radius 1 is 1.09 bits per heavy atom. The fraction of sp³-hybridized carbons (Fsp3) is 0.933. The number of rotatable bonds is 7. The van der Waals surface area contributed by atoms with Gasteiger partial charge in [0.2, 0.25) is 0 Å². The summed E-state index contributed by atoms with van der Waals surface area (Å²) in [6, 6.07) is 0. The summed E-state index contributed by atoms with van der Waals surface area (Å²) in [6.45, 7) is 11.2. The van der Waals surface area contributed by atoms with Crippen molar-refractivity contribution in [2.75, 3.05) is 6.61 Å². The van der Waals surface area contributed by atoms with Gasteiger partial charge in [-0.1, -0.05) is 41.5 Å². The van der Waals surface area contributed by atoms with Crippen LogP contribution in [0, 0.1) is 16.2 Å². The summed E-state index contributed by atoms with van der Waals surface area (Å²) in [5.41, 5.74) is -1.91. The van der Waals surface area contributed by atoms with Gasteiger partial charge in [0.05, 0.1) is 5.41 Å². The third-order valence-corrected chi connectivity index (χ3v) is 5.33. The van der Waals surface area contributed by atoms with Crippen LogP contribution in [-0.2, 0) is 19.6 Å². The molecule has 0 heterocycles. The van der Waals surface area contributed by atoms with Gasteiger partial charge in [-0.2, -0.15) is 17.2 Å². The molecule has 0 fully saturated rings. The van der Waals surface area contributed by atoms with E-state index in [-0.39, 0.29) is 5.41 Å². The molecule has 0 bridgehead atoms. The lowest BCUT2D eigenvalue weighted by atomic mass is 9.59. The number of carbonyl (C=O) groups excluding carboxylic acids is 1. The van der Waals surface area contributed by atoms with Gasteiger partial charge < -0.3 is 4.74 Å². The van der Waals surface area contributed by atoms with Crippen LogP contribution in [0.15, 0.2) is 0 Å². The first-order valence-electron chi connectivity index (χ1n) is 7.42. The Balaban J connectivity index is 5.50. The Labute approximate surface area is 137 Å². The van der Waals surface area contributed by atoms with Crippen molar-refractivity contribution in [2.24, 2.45) is 16.2 Å². The summed E-state index contributed by atoms with van der Waals surface area (Å²) >= 11 is 0. The minimum atomic E-state index is -5.63. The molecule has 0 aliphatic carbocycles. The number of halogens is 2. The third kappa shape index (κ3) is 5.38. The molecule has 1 atom stereocenters. The molecule has 0 aromatic carbocycles. The van der Waals surface area contributed by atoms with E-state index in [1.165, 1.54) is 0 Å².